The normalized spacial score (nSPS) is 9.90. The molecule has 0 radical (unpaired) electrons. The van der Waals surface area contributed by atoms with Crippen LogP contribution in [-0.2, 0) is 4.74 Å². The molecule has 1 aromatic rings. The van der Waals surface area contributed by atoms with Crippen molar-refractivity contribution < 1.29 is 9.53 Å². The minimum Gasteiger partial charge on any atom is -0.444 e. The van der Waals surface area contributed by atoms with E-state index in [4.69, 9.17) is 10.00 Å². The lowest BCUT2D eigenvalue weighted by Gasteiger charge is -2.19. The molecule has 0 spiro atoms. The van der Waals surface area contributed by atoms with Crippen LogP contribution in [0.3, 0.4) is 0 Å². The Kier molecular flexibility index (Phi) is 5.62. The molecule has 0 saturated carbocycles. The number of hydrogen-bond donors (Lipinski definition) is 1. The van der Waals surface area contributed by atoms with Gasteiger partial charge >= 0.3 is 6.09 Å². The Balaban J connectivity index is 2.33. The molecule has 0 aliphatic heterocycles. The largest absolute Gasteiger partial charge is 0.444 e. The third-order valence-electron chi connectivity index (χ3n) is 2.16. The Hall–Kier alpha value is -2.46. The van der Waals surface area contributed by atoms with Gasteiger partial charge in [-0.25, -0.2) is 4.79 Å². The molecular formula is C16H18N2O2. The molecule has 4 nitrogen and oxygen atoms in total. The van der Waals surface area contributed by atoms with Crippen molar-refractivity contribution in [1.82, 2.24) is 5.32 Å². The van der Waals surface area contributed by atoms with Gasteiger partial charge in [0.2, 0.25) is 0 Å². The average molecular weight is 270 g/mol. The number of carbonyl (C=O) groups excluding carboxylic acids is 1. The molecule has 0 fully saturated rings. The van der Waals surface area contributed by atoms with E-state index < -0.39 is 11.7 Å². The van der Waals surface area contributed by atoms with Crippen LogP contribution in [0.15, 0.2) is 24.3 Å². The lowest BCUT2D eigenvalue weighted by Crippen LogP contribution is -2.32. The summed E-state index contributed by atoms with van der Waals surface area (Å²) < 4.78 is 5.10. The van der Waals surface area contributed by atoms with Crippen LogP contribution in [0.1, 0.15) is 38.3 Å². The first kappa shape index (κ1) is 15.6. The van der Waals surface area contributed by atoms with Gasteiger partial charge in [-0.15, -0.1) is 0 Å². The molecule has 0 aliphatic carbocycles. The summed E-state index contributed by atoms with van der Waals surface area (Å²) in [4.78, 5) is 11.4. The van der Waals surface area contributed by atoms with E-state index in [2.05, 4.69) is 23.2 Å². The Morgan fingerprint density at radius 1 is 1.25 bits per heavy atom. The molecule has 1 amide bonds. The van der Waals surface area contributed by atoms with Crippen molar-refractivity contribution in [3.8, 4) is 17.9 Å². The highest BCUT2D eigenvalue weighted by Crippen LogP contribution is 2.06. The maximum atomic E-state index is 11.4. The first-order valence-electron chi connectivity index (χ1n) is 6.36. The van der Waals surface area contributed by atoms with Crippen LogP contribution in [0.2, 0.25) is 0 Å². The maximum absolute atomic E-state index is 11.4. The number of rotatable bonds is 2. The van der Waals surface area contributed by atoms with Gasteiger partial charge in [-0.3, -0.25) is 0 Å². The number of benzene rings is 1. The van der Waals surface area contributed by atoms with Crippen LogP contribution in [0, 0.1) is 23.2 Å². The van der Waals surface area contributed by atoms with E-state index in [0.717, 1.165) is 5.56 Å². The summed E-state index contributed by atoms with van der Waals surface area (Å²) in [6.07, 6.45) is 0.108. The van der Waals surface area contributed by atoms with Crippen LogP contribution in [0.5, 0.6) is 0 Å². The van der Waals surface area contributed by atoms with E-state index in [0.29, 0.717) is 18.5 Å². The highest BCUT2D eigenvalue weighted by molar-refractivity contribution is 5.67. The third kappa shape index (κ3) is 6.47. The number of carbonyl (C=O) groups is 1. The molecular weight excluding hydrogens is 252 g/mol. The Morgan fingerprint density at radius 2 is 1.85 bits per heavy atom. The number of ether oxygens (including phenoxy) is 1. The van der Waals surface area contributed by atoms with Crippen molar-refractivity contribution >= 4 is 6.09 Å². The van der Waals surface area contributed by atoms with E-state index in [-0.39, 0.29) is 0 Å². The lowest BCUT2D eigenvalue weighted by atomic mass is 10.1. The molecule has 0 atom stereocenters. The molecule has 0 saturated heterocycles. The van der Waals surface area contributed by atoms with Crippen LogP contribution in [-0.4, -0.2) is 18.2 Å². The molecule has 0 aliphatic rings. The summed E-state index contributed by atoms with van der Waals surface area (Å²) in [5.41, 5.74) is 0.974. The van der Waals surface area contributed by atoms with E-state index in [1.54, 1.807) is 24.3 Å². The summed E-state index contributed by atoms with van der Waals surface area (Å²) >= 11 is 0. The maximum Gasteiger partial charge on any atom is 0.407 e. The van der Waals surface area contributed by atoms with Crippen molar-refractivity contribution in [2.75, 3.05) is 6.54 Å². The smallest absolute Gasteiger partial charge is 0.407 e. The highest BCUT2D eigenvalue weighted by Gasteiger charge is 2.15. The second-order valence-electron chi connectivity index (χ2n) is 5.17. The first-order chi connectivity index (χ1) is 9.40. The van der Waals surface area contributed by atoms with Gasteiger partial charge in [0.05, 0.1) is 11.6 Å². The standard InChI is InChI=1S/C16H18N2O2/c1-16(2,3)20-15(19)18-11-5-4-6-13-7-9-14(12-17)10-8-13/h7-10H,5,11H2,1-3H3,(H,18,19). The van der Waals surface area contributed by atoms with Crippen LogP contribution < -0.4 is 5.32 Å². The summed E-state index contributed by atoms with van der Waals surface area (Å²) in [5.74, 6) is 5.92. The SMILES string of the molecule is CC(C)(C)OC(=O)NCCC#Cc1ccc(C#N)cc1. The predicted molar refractivity (Wildman–Crippen MR) is 76.9 cm³/mol. The molecule has 104 valence electrons. The van der Waals surface area contributed by atoms with Crippen LogP contribution >= 0.6 is 0 Å². The van der Waals surface area contributed by atoms with Crippen molar-refractivity contribution in [3.05, 3.63) is 35.4 Å². The van der Waals surface area contributed by atoms with Crippen molar-refractivity contribution in [1.29, 1.82) is 5.26 Å². The number of nitriles is 1. The monoisotopic (exact) mass is 270 g/mol. The number of nitrogens with zero attached hydrogens (tertiary/aromatic N) is 1. The molecule has 0 bridgehead atoms. The fraction of sp³-hybridized carbons (Fsp3) is 0.375. The van der Waals surface area contributed by atoms with Gasteiger partial charge in [0.15, 0.2) is 0 Å². The first-order valence-corrected chi connectivity index (χ1v) is 6.36. The van der Waals surface area contributed by atoms with Crippen LogP contribution in [0.4, 0.5) is 4.79 Å². The third-order valence-corrected chi connectivity index (χ3v) is 2.16. The van der Waals surface area contributed by atoms with Crippen molar-refractivity contribution in [2.24, 2.45) is 0 Å². The Labute approximate surface area is 119 Å². The molecule has 4 heteroatoms. The van der Waals surface area contributed by atoms with Crippen molar-refractivity contribution in [3.63, 3.8) is 0 Å². The summed E-state index contributed by atoms with van der Waals surface area (Å²) in [7, 11) is 0. The summed E-state index contributed by atoms with van der Waals surface area (Å²) in [5, 5.41) is 11.3. The second kappa shape index (κ2) is 7.21. The number of amides is 1. The van der Waals surface area contributed by atoms with Gasteiger partial charge in [0.1, 0.15) is 5.60 Å². The van der Waals surface area contributed by atoms with E-state index in [1.807, 2.05) is 20.8 Å². The molecule has 0 heterocycles. The molecule has 20 heavy (non-hydrogen) atoms. The summed E-state index contributed by atoms with van der Waals surface area (Å²) in [6.45, 7) is 5.89. The average Bonchev–Trinajstić information content (AvgIpc) is 2.37. The Bertz CT molecular complexity index is 551. The number of hydrogen-bond acceptors (Lipinski definition) is 3. The lowest BCUT2D eigenvalue weighted by molar-refractivity contribution is 0.0529. The minimum absolute atomic E-state index is 0.433. The zero-order valence-corrected chi connectivity index (χ0v) is 12.0. The fourth-order valence-electron chi connectivity index (χ4n) is 1.33. The van der Waals surface area contributed by atoms with Crippen LogP contribution in [0.25, 0.3) is 0 Å². The van der Waals surface area contributed by atoms with Crippen molar-refractivity contribution in [2.45, 2.75) is 32.8 Å². The number of nitrogens with one attached hydrogen (secondary N) is 1. The minimum atomic E-state index is -0.488. The zero-order chi connectivity index (χ0) is 15.0. The second-order valence-corrected chi connectivity index (χ2v) is 5.17. The van der Waals surface area contributed by atoms with Gasteiger partial charge < -0.3 is 10.1 Å². The zero-order valence-electron chi connectivity index (χ0n) is 12.0. The predicted octanol–water partition coefficient (Wildman–Crippen LogP) is 2.82. The molecule has 1 aromatic carbocycles. The van der Waals surface area contributed by atoms with Gasteiger partial charge in [-0.1, -0.05) is 11.8 Å². The molecule has 1 N–H and O–H groups in total. The quantitative estimate of drug-likeness (QED) is 0.664. The molecule has 0 aromatic heterocycles. The fourth-order valence-corrected chi connectivity index (χ4v) is 1.33. The van der Waals surface area contributed by atoms with Gasteiger partial charge in [-0.05, 0) is 45.0 Å². The van der Waals surface area contributed by atoms with Gasteiger partial charge in [-0.2, -0.15) is 5.26 Å². The molecule has 1 rings (SSSR count). The van der Waals surface area contributed by atoms with E-state index >= 15 is 0 Å². The summed E-state index contributed by atoms with van der Waals surface area (Å²) in [6, 6.07) is 9.10. The van der Waals surface area contributed by atoms with Gasteiger partial charge in [0.25, 0.3) is 0 Å². The molecule has 0 unspecified atom stereocenters. The van der Waals surface area contributed by atoms with E-state index in [1.165, 1.54) is 0 Å². The topological polar surface area (TPSA) is 62.1 Å². The Morgan fingerprint density at radius 3 is 2.40 bits per heavy atom. The highest BCUT2D eigenvalue weighted by atomic mass is 16.6. The number of alkyl carbamates (subject to hydrolysis) is 1. The van der Waals surface area contributed by atoms with Gasteiger partial charge in [0, 0.05) is 18.5 Å². The van der Waals surface area contributed by atoms with E-state index in [9.17, 15) is 4.79 Å².